The summed E-state index contributed by atoms with van der Waals surface area (Å²) >= 11 is 0. The van der Waals surface area contributed by atoms with Gasteiger partial charge in [-0.25, -0.2) is 4.98 Å². The number of aromatic nitrogens is 5. The molecule has 3 aromatic heterocycles. The molecule has 0 fully saturated rings. The molecule has 28 heavy (non-hydrogen) atoms. The summed E-state index contributed by atoms with van der Waals surface area (Å²) in [7, 11) is 0. The van der Waals surface area contributed by atoms with E-state index in [-0.39, 0.29) is 0 Å². The molecule has 0 amide bonds. The maximum Gasteiger partial charge on any atom is 0.228 e. The molecule has 0 spiro atoms. The zero-order chi connectivity index (χ0) is 19.3. The summed E-state index contributed by atoms with van der Waals surface area (Å²) < 4.78 is 7.65. The lowest BCUT2D eigenvalue weighted by atomic mass is 9.99. The molecular formula is C22H23N5O. The summed E-state index contributed by atoms with van der Waals surface area (Å²) in [6.45, 7) is 5.19. The van der Waals surface area contributed by atoms with E-state index in [1.54, 1.807) is 12.4 Å². The lowest BCUT2D eigenvalue weighted by Gasteiger charge is -2.15. The minimum absolute atomic E-state index is 0.409. The van der Waals surface area contributed by atoms with Crippen molar-refractivity contribution in [1.82, 2.24) is 24.7 Å². The van der Waals surface area contributed by atoms with Crippen LogP contribution in [0.2, 0.25) is 0 Å². The minimum Gasteiger partial charge on any atom is -0.339 e. The number of imidazole rings is 1. The molecule has 4 aromatic rings. The lowest BCUT2D eigenvalue weighted by molar-refractivity contribution is 0.371. The van der Waals surface area contributed by atoms with Gasteiger partial charge in [-0.3, -0.25) is 4.98 Å². The van der Waals surface area contributed by atoms with Gasteiger partial charge in [-0.15, -0.1) is 0 Å². The summed E-state index contributed by atoms with van der Waals surface area (Å²) in [6, 6.07) is 14.1. The largest absolute Gasteiger partial charge is 0.339 e. The molecule has 0 saturated heterocycles. The molecule has 4 rings (SSSR count). The van der Waals surface area contributed by atoms with Crippen molar-refractivity contribution in [3.63, 3.8) is 0 Å². The molecule has 0 aliphatic heterocycles. The molecule has 0 aliphatic rings. The number of pyridine rings is 1. The second-order valence-corrected chi connectivity index (χ2v) is 6.85. The Kier molecular flexibility index (Phi) is 5.28. The van der Waals surface area contributed by atoms with Gasteiger partial charge in [0.1, 0.15) is 0 Å². The zero-order valence-electron chi connectivity index (χ0n) is 16.1. The Morgan fingerprint density at radius 2 is 1.89 bits per heavy atom. The van der Waals surface area contributed by atoms with Crippen LogP contribution in [0.5, 0.6) is 0 Å². The monoisotopic (exact) mass is 373 g/mol. The van der Waals surface area contributed by atoms with E-state index in [4.69, 9.17) is 9.51 Å². The molecule has 0 aliphatic carbocycles. The summed E-state index contributed by atoms with van der Waals surface area (Å²) in [5, 5.41) is 4.07. The number of benzene rings is 1. The van der Waals surface area contributed by atoms with Crippen LogP contribution >= 0.6 is 0 Å². The van der Waals surface area contributed by atoms with Gasteiger partial charge in [0, 0.05) is 42.2 Å². The van der Waals surface area contributed by atoms with Crippen LogP contribution in [-0.2, 0) is 13.0 Å². The highest BCUT2D eigenvalue weighted by atomic mass is 16.5. The highest BCUT2D eigenvalue weighted by Gasteiger charge is 2.18. The summed E-state index contributed by atoms with van der Waals surface area (Å²) in [6.07, 6.45) is 7.09. The minimum atomic E-state index is 0.409. The number of aryl methyl sites for hydroxylation is 2. The van der Waals surface area contributed by atoms with E-state index >= 15 is 0 Å². The van der Waals surface area contributed by atoms with E-state index in [0.717, 1.165) is 29.8 Å². The maximum absolute atomic E-state index is 5.44. The van der Waals surface area contributed by atoms with E-state index in [2.05, 4.69) is 45.7 Å². The topological polar surface area (TPSA) is 69.6 Å². The Morgan fingerprint density at radius 1 is 1.07 bits per heavy atom. The van der Waals surface area contributed by atoms with Gasteiger partial charge in [0.05, 0.1) is 12.0 Å². The standard InChI is InChI=1S/C22H23N5O/c1-3-16(2)21-20(17-8-5-4-6-9-17)24-15-27(21)13-11-19-25-22(26-28-19)18-10-7-12-23-14-18/h4-10,12,14-16H,3,11,13H2,1-2H3. The van der Waals surface area contributed by atoms with Crippen molar-refractivity contribution >= 4 is 0 Å². The third-order valence-electron chi connectivity index (χ3n) is 4.96. The van der Waals surface area contributed by atoms with Crippen molar-refractivity contribution in [2.24, 2.45) is 0 Å². The highest BCUT2D eigenvalue weighted by Crippen LogP contribution is 2.30. The van der Waals surface area contributed by atoms with E-state index in [9.17, 15) is 0 Å². The van der Waals surface area contributed by atoms with Gasteiger partial charge in [0.25, 0.3) is 0 Å². The number of hydrogen-bond acceptors (Lipinski definition) is 5. The summed E-state index contributed by atoms with van der Waals surface area (Å²) in [5.74, 6) is 1.59. The molecule has 142 valence electrons. The average Bonchev–Trinajstić information content (AvgIpc) is 3.40. The Bertz CT molecular complexity index is 1020. The molecule has 6 heteroatoms. The van der Waals surface area contributed by atoms with Gasteiger partial charge in [0.15, 0.2) is 0 Å². The lowest BCUT2D eigenvalue weighted by Crippen LogP contribution is -2.08. The predicted octanol–water partition coefficient (Wildman–Crippen LogP) is 4.75. The molecule has 0 radical (unpaired) electrons. The van der Waals surface area contributed by atoms with Crippen LogP contribution in [0.4, 0.5) is 0 Å². The fraction of sp³-hybridized carbons (Fsp3) is 0.273. The van der Waals surface area contributed by atoms with Crippen LogP contribution in [0.25, 0.3) is 22.6 Å². The van der Waals surface area contributed by atoms with E-state index in [1.165, 1.54) is 5.69 Å². The summed E-state index contributed by atoms with van der Waals surface area (Å²) in [4.78, 5) is 13.3. The molecule has 0 saturated carbocycles. The molecule has 1 aromatic carbocycles. The smallest absolute Gasteiger partial charge is 0.228 e. The van der Waals surface area contributed by atoms with Crippen molar-refractivity contribution in [3.05, 3.63) is 72.8 Å². The molecule has 0 N–H and O–H groups in total. The van der Waals surface area contributed by atoms with Gasteiger partial charge < -0.3 is 9.09 Å². The first-order valence-corrected chi connectivity index (χ1v) is 9.59. The van der Waals surface area contributed by atoms with Crippen molar-refractivity contribution in [2.45, 2.75) is 39.2 Å². The molecule has 1 atom stereocenters. The third-order valence-corrected chi connectivity index (χ3v) is 4.96. The Morgan fingerprint density at radius 3 is 2.64 bits per heavy atom. The normalized spacial score (nSPS) is 12.2. The number of nitrogens with zero attached hydrogens (tertiary/aromatic N) is 5. The van der Waals surface area contributed by atoms with E-state index in [1.807, 2.05) is 36.7 Å². The summed E-state index contributed by atoms with van der Waals surface area (Å²) in [5.41, 5.74) is 4.30. The van der Waals surface area contributed by atoms with Gasteiger partial charge in [-0.05, 0) is 24.5 Å². The van der Waals surface area contributed by atoms with E-state index < -0.39 is 0 Å². The molecule has 6 nitrogen and oxygen atoms in total. The SMILES string of the molecule is CCC(C)c1c(-c2ccccc2)ncn1CCc1nc(-c2cccnc2)no1. The third kappa shape index (κ3) is 3.71. The van der Waals surface area contributed by atoms with Crippen LogP contribution < -0.4 is 0 Å². The Labute approximate surface area is 164 Å². The van der Waals surface area contributed by atoms with Crippen molar-refractivity contribution in [1.29, 1.82) is 0 Å². The number of hydrogen-bond donors (Lipinski definition) is 0. The van der Waals surface area contributed by atoms with Crippen molar-refractivity contribution < 1.29 is 4.52 Å². The molecule has 0 bridgehead atoms. The van der Waals surface area contributed by atoms with Crippen molar-refractivity contribution in [3.8, 4) is 22.6 Å². The first kappa shape index (κ1) is 18.1. The molecular weight excluding hydrogens is 350 g/mol. The first-order chi connectivity index (χ1) is 13.8. The van der Waals surface area contributed by atoms with Gasteiger partial charge in [-0.2, -0.15) is 4.98 Å². The van der Waals surface area contributed by atoms with E-state index in [0.29, 0.717) is 24.1 Å². The van der Waals surface area contributed by atoms with Gasteiger partial charge in [-0.1, -0.05) is 49.3 Å². The molecule has 3 heterocycles. The highest BCUT2D eigenvalue weighted by molar-refractivity contribution is 5.62. The van der Waals surface area contributed by atoms with Crippen molar-refractivity contribution in [2.75, 3.05) is 0 Å². The predicted molar refractivity (Wildman–Crippen MR) is 108 cm³/mol. The van der Waals surface area contributed by atoms with Gasteiger partial charge >= 0.3 is 0 Å². The van der Waals surface area contributed by atoms with Crippen LogP contribution in [0.3, 0.4) is 0 Å². The Hall–Kier alpha value is -3.28. The number of rotatable bonds is 7. The Balaban J connectivity index is 1.55. The van der Waals surface area contributed by atoms with Crippen LogP contribution in [0.1, 0.15) is 37.8 Å². The van der Waals surface area contributed by atoms with Crippen LogP contribution in [0.15, 0.2) is 65.7 Å². The van der Waals surface area contributed by atoms with Crippen LogP contribution in [-0.4, -0.2) is 24.7 Å². The average molecular weight is 373 g/mol. The second-order valence-electron chi connectivity index (χ2n) is 6.85. The van der Waals surface area contributed by atoms with Crippen LogP contribution in [0, 0.1) is 0 Å². The second kappa shape index (κ2) is 8.17. The quantitative estimate of drug-likeness (QED) is 0.467. The fourth-order valence-electron chi connectivity index (χ4n) is 3.28. The fourth-order valence-corrected chi connectivity index (χ4v) is 3.28. The maximum atomic E-state index is 5.44. The van der Waals surface area contributed by atoms with Gasteiger partial charge in [0.2, 0.25) is 11.7 Å². The zero-order valence-corrected chi connectivity index (χ0v) is 16.1. The first-order valence-electron chi connectivity index (χ1n) is 9.59. The molecule has 1 unspecified atom stereocenters.